The molecule has 0 saturated carbocycles. The fraction of sp³-hybridized carbons (Fsp3) is 0.0667. The predicted molar refractivity (Wildman–Crippen MR) is 76.8 cm³/mol. The average molecular weight is 287 g/mol. The van der Waals surface area contributed by atoms with E-state index in [9.17, 15) is 14.0 Å². The smallest absolute Gasteiger partial charge is 0.255 e. The van der Waals surface area contributed by atoms with E-state index in [0.717, 1.165) is 11.6 Å². The Morgan fingerprint density at radius 2 is 1.81 bits per heavy atom. The number of hydrazine groups is 1. The number of hydrogen-bond donors (Lipinski definition) is 3. The molecule has 0 aliphatic rings. The molecule has 0 aliphatic heterocycles. The molecule has 2 amide bonds. The number of amides is 2. The van der Waals surface area contributed by atoms with Gasteiger partial charge >= 0.3 is 0 Å². The Labute approximate surface area is 120 Å². The number of hydrogen-bond acceptors (Lipinski definition) is 3. The second-order valence-electron chi connectivity index (χ2n) is 4.41. The molecule has 0 aromatic heterocycles. The highest BCUT2D eigenvalue weighted by Gasteiger charge is 2.07. The third-order valence-corrected chi connectivity index (χ3v) is 2.82. The Bertz CT molecular complexity index is 656. The summed E-state index contributed by atoms with van der Waals surface area (Å²) in [5.41, 5.74) is 3.60. The molecule has 0 saturated heterocycles. The number of rotatable bonds is 4. The lowest BCUT2D eigenvalue weighted by Gasteiger charge is -2.06. The first-order chi connectivity index (χ1) is 10.1. The monoisotopic (exact) mass is 287 g/mol. The fourth-order valence-electron chi connectivity index (χ4n) is 1.78. The van der Waals surface area contributed by atoms with Crippen LogP contribution in [0.25, 0.3) is 0 Å². The van der Waals surface area contributed by atoms with Gasteiger partial charge < -0.3 is 5.32 Å². The van der Waals surface area contributed by atoms with E-state index in [-0.39, 0.29) is 17.9 Å². The van der Waals surface area contributed by atoms with Gasteiger partial charge in [-0.1, -0.05) is 18.2 Å². The van der Waals surface area contributed by atoms with Crippen molar-refractivity contribution in [3.63, 3.8) is 0 Å². The van der Waals surface area contributed by atoms with Crippen LogP contribution in [-0.2, 0) is 11.2 Å². The maximum Gasteiger partial charge on any atom is 0.255 e. The Morgan fingerprint density at radius 1 is 1.10 bits per heavy atom. The van der Waals surface area contributed by atoms with Crippen molar-refractivity contribution < 1.29 is 14.0 Å². The average Bonchev–Trinajstić information content (AvgIpc) is 2.49. The molecule has 0 bridgehead atoms. The van der Waals surface area contributed by atoms with Crippen LogP contribution in [0.15, 0.2) is 48.5 Å². The van der Waals surface area contributed by atoms with Crippen molar-refractivity contribution in [2.45, 2.75) is 6.42 Å². The number of carbonyl (C=O) groups excluding carboxylic acids is 2. The van der Waals surface area contributed by atoms with Gasteiger partial charge in [-0.2, -0.15) is 0 Å². The molecule has 0 radical (unpaired) electrons. The second kappa shape index (κ2) is 6.62. The first-order valence-electron chi connectivity index (χ1n) is 6.24. The van der Waals surface area contributed by atoms with Crippen molar-refractivity contribution in [1.82, 2.24) is 5.43 Å². The van der Waals surface area contributed by atoms with Crippen molar-refractivity contribution in [2.75, 3.05) is 5.32 Å². The van der Waals surface area contributed by atoms with Crippen molar-refractivity contribution in [3.8, 4) is 0 Å². The standard InChI is InChI=1S/C15H14FN3O2/c16-12-3-1-2-11(9-12)15(21)18-13-6-4-10(5-7-13)8-14(20)19-17/h1-7,9H,8,17H2,(H,18,21)(H,19,20). The van der Waals surface area contributed by atoms with Gasteiger partial charge in [0.2, 0.25) is 5.91 Å². The van der Waals surface area contributed by atoms with E-state index in [1.54, 1.807) is 24.3 Å². The van der Waals surface area contributed by atoms with Gasteiger partial charge in [0.25, 0.3) is 5.91 Å². The van der Waals surface area contributed by atoms with Gasteiger partial charge in [0, 0.05) is 11.3 Å². The number of benzene rings is 2. The summed E-state index contributed by atoms with van der Waals surface area (Å²) in [5, 5.41) is 2.65. The Hall–Kier alpha value is -2.73. The zero-order chi connectivity index (χ0) is 15.2. The summed E-state index contributed by atoms with van der Waals surface area (Å²) in [5.74, 6) is 3.84. The highest BCUT2D eigenvalue weighted by Crippen LogP contribution is 2.12. The van der Waals surface area contributed by atoms with Crippen LogP contribution in [-0.4, -0.2) is 11.8 Å². The van der Waals surface area contributed by atoms with Gasteiger partial charge in [-0.3, -0.25) is 15.0 Å². The van der Waals surface area contributed by atoms with Crippen LogP contribution in [0.5, 0.6) is 0 Å². The molecule has 0 spiro atoms. The lowest BCUT2D eigenvalue weighted by Crippen LogP contribution is -2.31. The van der Waals surface area contributed by atoms with Gasteiger partial charge in [0.05, 0.1) is 6.42 Å². The SMILES string of the molecule is NNC(=O)Cc1ccc(NC(=O)c2cccc(F)c2)cc1. The quantitative estimate of drug-likeness (QED) is 0.454. The molecule has 4 N–H and O–H groups in total. The molecule has 0 heterocycles. The third kappa shape index (κ3) is 4.12. The highest BCUT2D eigenvalue weighted by molar-refractivity contribution is 6.04. The van der Waals surface area contributed by atoms with Gasteiger partial charge in [0.15, 0.2) is 0 Å². The van der Waals surface area contributed by atoms with Crippen LogP contribution in [0.3, 0.4) is 0 Å². The Morgan fingerprint density at radius 3 is 2.43 bits per heavy atom. The zero-order valence-corrected chi connectivity index (χ0v) is 11.1. The minimum atomic E-state index is -0.467. The molecule has 2 aromatic rings. The summed E-state index contributed by atoms with van der Waals surface area (Å²) >= 11 is 0. The fourth-order valence-corrected chi connectivity index (χ4v) is 1.78. The summed E-state index contributed by atoms with van der Waals surface area (Å²) in [6.07, 6.45) is 0.161. The maximum absolute atomic E-state index is 13.0. The summed E-state index contributed by atoms with van der Waals surface area (Å²) in [4.78, 5) is 23.0. The van der Waals surface area contributed by atoms with Crippen molar-refractivity contribution in [3.05, 3.63) is 65.5 Å². The summed E-state index contributed by atoms with van der Waals surface area (Å²) in [6, 6.07) is 12.2. The van der Waals surface area contributed by atoms with E-state index >= 15 is 0 Å². The Balaban J connectivity index is 2.03. The second-order valence-corrected chi connectivity index (χ2v) is 4.41. The van der Waals surface area contributed by atoms with Crippen LogP contribution in [0.1, 0.15) is 15.9 Å². The molecular formula is C15H14FN3O2. The topological polar surface area (TPSA) is 84.2 Å². The van der Waals surface area contributed by atoms with Crippen LogP contribution in [0, 0.1) is 5.82 Å². The van der Waals surface area contributed by atoms with Crippen LogP contribution in [0.2, 0.25) is 0 Å². The van der Waals surface area contributed by atoms with Crippen molar-refractivity contribution in [1.29, 1.82) is 0 Å². The third-order valence-electron chi connectivity index (χ3n) is 2.82. The minimum absolute atomic E-state index is 0.161. The number of nitrogens with two attached hydrogens (primary N) is 1. The van der Waals surface area contributed by atoms with Gasteiger partial charge in [0.1, 0.15) is 5.82 Å². The molecule has 6 heteroatoms. The lowest BCUT2D eigenvalue weighted by atomic mass is 10.1. The largest absolute Gasteiger partial charge is 0.322 e. The summed E-state index contributed by atoms with van der Waals surface area (Å²) in [6.45, 7) is 0. The summed E-state index contributed by atoms with van der Waals surface area (Å²) in [7, 11) is 0. The molecule has 2 rings (SSSR count). The normalized spacial score (nSPS) is 10.0. The van der Waals surface area contributed by atoms with E-state index in [1.165, 1.54) is 18.2 Å². The van der Waals surface area contributed by atoms with Crippen molar-refractivity contribution in [2.24, 2.45) is 5.84 Å². The molecule has 5 nitrogen and oxygen atoms in total. The predicted octanol–water partition coefficient (Wildman–Crippen LogP) is 1.61. The highest BCUT2D eigenvalue weighted by atomic mass is 19.1. The van der Waals surface area contributed by atoms with E-state index in [2.05, 4.69) is 5.32 Å². The van der Waals surface area contributed by atoms with E-state index in [4.69, 9.17) is 5.84 Å². The number of carbonyl (C=O) groups is 2. The number of nitrogens with one attached hydrogen (secondary N) is 2. The van der Waals surface area contributed by atoms with Crippen LogP contribution in [0.4, 0.5) is 10.1 Å². The maximum atomic E-state index is 13.0. The van der Waals surface area contributed by atoms with Gasteiger partial charge in [-0.15, -0.1) is 0 Å². The summed E-state index contributed by atoms with van der Waals surface area (Å²) < 4.78 is 13.0. The van der Waals surface area contributed by atoms with E-state index < -0.39 is 11.7 Å². The minimum Gasteiger partial charge on any atom is -0.322 e. The molecule has 2 aromatic carbocycles. The van der Waals surface area contributed by atoms with Gasteiger partial charge in [-0.05, 0) is 35.9 Å². The zero-order valence-electron chi connectivity index (χ0n) is 11.1. The molecule has 0 unspecified atom stereocenters. The molecule has 0 atom stereocenters. The first kappa shape index (κ1) is 14.7. The van der Waals surface area contributed by atoms with Gasteiger partial charge in [-0.25, -0.2) is 10.2 Å². The number of halogens is 1. The molecule has 108 valence electrons. The molecule has 21 heavy (non-hydrogen) atoms. The molecule has 0 fully saturated rings. The van der Waals surface area contributed by atoms with Crippen LogP contribution >= 0.6 is 0 Å². The van der Waals surface area contributed by atoms with Crippen LogP contribution < -0.4 is 16.6 Å². The molecular weight excluding hydrogens is 273 g/mol. The lowest BCUT2D eigenvalue weighted by molar-refractivity contribution is -0.120. The first-order valence-corrected chi connectivity index (χ1v) is 6.24. The van der Waals surface area contributed by atoms with E-state index in [1.807, 2.05) is 5.43 Å². The Kier molecular flexibility index (Phi) is 4.63. The van der Waals surface area contributed by atoms with E-state index in [0.29, 0.717) is 5.69 Å². The number of anilines is 1. The van der Waals surface area contributed by atoms with Crippen molar-refractivity contribution >= 4 is 17.5 Å². The molecule has 0 aliphatic carbocycles.